The molecule has 0 saturated carbocycles. The van der Waals surface area contributed by atoms with Crippen LogP contribution in [0.3, 0.4) is 0 Å². The topological polar surface area (TPSA) is 88.6 Å². The van der Waals surface area contributed by atoms with Crippen LogP contribution in [0.1, 0.15) is 12.5 Å². The van der Waals surface area contributed by atoms with E-state index in [0.29, 0.717) is 12.3 Å². The number of hydrogen-bond acceptors (Lipinski definition) is 5. The van der Waals surface area contributed by atoms with Crippen LogP contribution in [0.2, 0.25) is 0 Å². The van der Waals surface area contributed by atoms with Gasteiger partial charge in [-0.15, -0.1) is 0 Å². The van der Waals surface area contributed by atoms with Crippen LogP contribution in [-0.4, -0.2) is 44.4 Å². The molecule has 0 aliphatic rings. The first-order valence-electron chi connectivity index (χ1n) is 7.70. The van der Waals surface area contributed by atoms with Gasteiger partial charge in [0.25, 0.3) is 0 Å². The number of nitrogens with zero attached hydrogens (tertiary/aromatic N) is 2. The first kappa shape index (κ1) is 18.9. The average Bonchev–Trinajstić information content (AvgIpc) is 2.61. The monoisotopic (exact) mass is 363 g/mol. The van der Waals surface area contributed by atoms with E-state index in [9.17, 15) is 13.2 Å². The molecule has 134 valence electrons. The third-order valence-electron chi connectivity index (χ3n) is 3.61. The number of rotatable bonds is 8. The van der Waals surface area contributed by atoms with Crippen LogP contribution in [0.15, 0.2) is 53.7 Å². The van der Waals surface area contributed by atoms with Gasteiger partial charge in [-0.25, -0.2) is 13.1 Å². The minimum Gasteiger partial charge on any atom is -0.497 e. The summed E-state index contributed by atoms with van der Waals surface area (Å²) in [5.41, 5.74) is 0.934. The molecule has 1 heterocycles. The lowest BCUT2D eigenvalue weighted by molar-refractivity contribution is -0.129. The Balaban J connectivity index is 1.95. The maximum absolute atomic E-state index is 12.3. The lowest BCUT2D eigenvalue weighted by Gasteiger charge is -2.21. The van der Waals surface area contributed by atoms with Gasteiger partial charge in [-0.3, -0.25) is 9.78 Å². The number of hydrogen-bond donors (Lipinski definition) is 1. The standard InChI is InChI=1S/C17H21N3O4S/c1-14(21)20(13-15-7-9-18-10-8-15)12-11-19-25(22,23)17-5-3-16(24-2)4-6-17/h3-10,19H,11-13H2,1-2H3. The largest absolute Gasteiger partial charge is 0.497 e. The summed E-state index contributed by atoms with van der Waals surface area (Å²) >= 11 is 0. The molecule has 0 saturated heterocycles. The molecular weight excluding hydrogens is 342 g/mol. The fourth-order valence-corrected chi connectivity index (χ4v) is 3.23. The fraction of sp³-hybridized carbons (Fsp3) is 0.294. The Labute approximate surface area is 147 Å². The molecule has 0 aliphatic carbocycles. The Morgan fingerprint density at radius 2 is 1.80 bits per heavy atom. The molecule has 1 aromatic heterocycles. The number of amides is 1. The highest BCUT2D eigenvalue weighted by atomic mass is 32.2. The van der Waals surface area contributed by atoms with E-state index in [1.54, 1.807) is 29.4 Å². The number of sulfonamides is 1. The van der Waals surface area contributed by atoms with Gasteiger partial charge in [0.2, 0.25) is 15.9 Å². The van der Waals surface area contributed by atoms with Crippen molar-refractivity contribution >= 4 is 15.9 Å². The number of pyridine rings is 1. The van der Waals surface area contributed by atoms with Crippen molar-refractivity contribution in [2.75, 3.05) is 20.2 Å². The van der Waals surface area contributed by atoms with Gasteiger partial charge in [-0.05, 0) is 42.0 Å². The lowest BCUT2D eigenvalue weighted by atomic mass is 10.2. The van der Waals surface area contributed by atoms with Gasteiger partial charge >= 0.3 is 0 Å². The van der Waals surface area contributed by atoms with Gasteiger partial charge in [0.15, 0.2) is 0 Å². The number of carbonyl (C=O) groups is 1. The molecule has 0 bridgehead atoms. The summed E-state index contributed by atoms with van der Waals surface area (Å²) in [6.45, 7) is 2.26. The van der Waals surface area contributed by atoms with Crippen molar-refractivity contribution in [3.63, 3.8) is 0 Å². The summed E-state index contributed by atoms with van der Waals surface area (Å²) in [7, 11) is -2.12. The molecule has 0 fully saturated rings. The maximum Gasteiger partial charge on any atom is 0.240 e. The molecule has 0 unspecified atom stereocenters. The van der Waals surface area contributed by atoms with E-state index in [-0.39, 0.29) is 23.9 Å². The zero-order valence-electron chi connectivity index (χ0n) is 14.2. The van der Waals surface area contributed by atoms with Gasteiger partial charge in [0.1, 0.15) is 5.75 Å². The van der Waals surface area contributed by atoms with Gasteiger partial charge in [-0.2, -0.15) is 0 Å². The molecular formula is C17H21N3O4S. The predicted molar refractivity (Wildman–Crippen MR) is 93.5 cm³/mol. The molecule has 2 rings (SSSR count). The number of carbonyl (C=O) groups excluding carboxylic acids is 1. The van der Waals surface area contributed by atoms with Crippen LogP contribution in [0.25, 0.3) is 0 Å². The zero-order chi connectivity index (χ0) is 18.3. The smallest absolute Gasteiger partial charge is 0.240 e. The first-order valence-corrected chi connectivity index (χ1v) is 9.19. The van der Waals surface area contributed by atoms with Gasteiger partial charge in [0, 0.05) is 39.0 Å². The molecule has 25 heavy (non-hydrogen) atoms. The predicted octanol–water partition coefficient (Wildman–Crippen LogP) is 1.42. The number of aromatic nitrogens is 1. The van der Waals surface area contributed by atoms with Crippen molar-refractivity contribution < 1.29 is 17.9 Å². The Morgan fingerprint density at radius 3 is 2.36 bits per heavy atom. The molecule has 7 nitrogen and oxygen atoms in total. The minimum absolute atomic E-state index is 0.124. The Hall–Kier alpha value is -2.45. The molecule has 1 amide bonds. The quantitative estimate of drug-likeness (QED) is 0.766. The highest BCUT2D eigenvalue weighted by Crippen LogP contribution is 2.15. The molecule has 0 aliphatic heterocycles. The van der Waals surface area contributed by atoms with Gasteiger partial charge < -0.3 is 9.64 Å². The van der Waals surface area contributed by atoms with E-state index in [0.717, 1.165) is 5.56 Å². The highest BCUT2D eigenvalue weighted by Gasteiger charge is 2.15. The van der Waals surface area contributed by atoms with Crippen LogP contribution in [-0.2, 0) is 21.4 Å². The number of benzene rings is 1. The minimum atomic E-state index is -3.63. The van der Waals surface area contributed by atoms with Crippen molar-refractivity contribution in [2.24, 2.45) is 0 Å². The van der Waals surface area contributed by atoms with Crippen molar-refractivity contribution in [1.82, 2.24) is 14.6 Å². The normalized spacial score (nSPS) is 11.1. The van der Waals surface area contributed by atoms with Crippen LogP contribution in [0.4, 0.5) is 0 Å². The third kappa shape index (κ3) is 5.54. The molecule has 0 atom stereocenters. The van der Waals surface area contributed by atoms with Crippen molar-refractivity contribution in [3.8, 4) is 5.75 Å². The Bertz CT molecular complexity index is 792. The van der Waals surface area contributed by atoms with E-state index in [2.05, 4.69) is 9.71 Å². The van der Waals surface area contributed by atoms with Crippen LogP contribution in [0.5, 0.6) is 5.75 Å². The van der Waals surface area contributed by atoms with Crippen LogP contribution < -0.4 is 9.46 Å². The van der Waals surface area contributed by atoms with E-state index in [1.165, 1.54) is 26.2 Å². The van der Waals surface area contributed by atoms with E-state index >= 15 is 0 Å². The Morgan fingerprint density at radius 1 is 1.16 bits per heavy atom. The number of nitrogens with one attached hydrogen (secondary N) is 1. The fourth-order valence-electron chi connectivity index (χ4n) is 2.21. The summed E-state index contributed by atoms with van der Waals surface area (Å²) in [5, 5.41) is 0. The second kappa shape index (κ2) is 8.59. The summed E-state index contributed by atoms with van der Waals surface area (Å²) < 4.78 is 32.1. The van der Waals surface area contributed by atoms with Gasteiger partial charge in [0.05, 0.1) is 12.0 Å². The zero-order valence-corrected chi connectivity index (χ0v) is 15.0. The first-order chi connectivity index (χ1) is 11.9. The maximum atomic E-state index is 12.3. The highest BCUT2D eigenvalue weighted by molar-refractivity contribution is 7.89. The SMILES string of the molecule is COc1ccc(S(=O)(=O)NCCN(Cc2ccncc2)C(C)=O)cc1. The molecule has 8 heteroatoms. The van der Waals surface area contributed by atoms with Crippen molar-refractivity contribution in [2.45, 2.75) is 18.4 Å². The lowest BCUT2D eigenvalue weighted by Crippen LogP contribution is -2.37. The summed E-state index contributed by atoms with van der Waals surface area (Å²) in [4.78, 5) is 17.4. The van der Waals surface area contributed by atoms with Crippen LogP contribution >= 0.6 is 0 Å². The number of ether oxygens (including phenoxy) is 1. The van der Waals surface area contributed by atoms with E-state index in [1.807, 2.05) is 12.1 Å². The molecule has 1 aromatic carbocycles. The second-order valence-corrected chi connectivity index (χ2v) is 7.14. The third-order valence-corrected chi connectivity index (χ3v) is 5.09. The summed E-state index contributed by atoms with van der Waals surface area (Å²) in [5.74, 6) is 0.458. The molecule has 1 N–H and O–H groups in total. The average molecular weight is 363 g/mol. The van der Waals surface area contributed by atoms with Crippen LogP contribution in [0, 0.1) is 0 Å². The van der Waals surface area contributed by atoms with E-state index < -0.39 is 10.0 Å². The molecule has 0 radical (unpaired) electrons. The van der Waals surface area contributed by atoms with E-state index in [4.69, 9.17) is 4.74 Å². The summed E-state index contributed by atoms with van der Waals surface area (Å²) in [6.07, 6.45) is 3.31. The molecule has 0 spiro atoms. The summed E-state index contributed by atoms with van der Waals surface area (Å²) in [6, 6.07) is 9.75. The van der Waals surface area contributed by atoms with Gasteiger partial charge in [-0.1, -0.05) is 0 Å². The van der Waals surface area contributed by atoms with Crippen molar-refractivity contribution in [1.29, 1.82) is 0 Å². The second-order valence-electron chi connectivity index (χ2n) is 5.37. The number of methoxy groups -OCH3 is 1. The van der Waals surface area contributed by atoms with Crippen molar-refractivity contribution in [3.05, 3.63) is 54.4 Å². The molecule has 2 aromatic rings. The Kier molecular flexibility index (Phi) is 6.49.